The molecule has 0 aliphatic carbocycles. The smallest absolute Gasteiger partial charge is 0.405 e. The number of methoxy groups -OCH3 is 1. The van der Waals surface area contributed by atoms with E-state index >= 15 is 0 Å². The van der Waals surface area contributed by atoms with Gasteiger partial charge in [0.15, 0.2) is 11.5 Å². The summed E-state index contributed by atoms with van der Waals surface area (Å²) in [4.78, 5) is 13.4. The number of nitrogens with zero attached hydrogens (tertiary/aromatic N) is 3. The van der Waals surface area contributed by atoms with Crippen LogP contribution in [0.4, 0.5) is 8.78 Å². The lowest BCUT2D eigenvalue weighted by Crippen LogP contribution is -2.17. The van der Waals surface area contributed by atoms with Crippen molar-refractivity contribution in [2.75, 3.05) is 7.11 Å². The number of imidazole rings is 1. The van der Waals surface area contributed by atoms with Crippen LogP contribution < -0.4 is 14.3 Å². The molecule has 0 radical (unpaired) electrons. The molecule has 0 saturated heterocycles. The lowest BCUT2D eigenvalue weighted by atomic mass is 10.2. The molecule has 0 N–H and O–H groups in total. The lowest BCUT2D eigenvalue weighted by Gasteiger charge is -2.12. The van der Waals surface area contributed by atoms with Crippen molar-refractivity contribution in [1.82, 2.24) is 14.7 Å². The Hall–Kier alpha value is -3.04. The van der Waals surface area contributed by atoms with Gasteiger partial charge in [0.2, 0.25) is 5.16 Å². The molecule has 2 aromatic carbocycles. The summed E-state index contributed by atoms with van der Waals surface area (Å²) in [5.41, 5.74) is 2.52. The van der Waals surface area contributed by atoms with Crippen molar-refractivity contribution in [3.8, 4) is 11.5 Å². The normalized spacial score (nSPS) is 11.2. The van der Waals surface area contributed by atoms with Crippen LogP contribution in [0.1, 0.15) is 11.3 Å². The molecule has 4 rings (SSSR count). The van der Waals surface area contributed by atoms with E-state index in [1.807, 2.05) is 30.3 Å². The van der Waals surface area contributed by atoms with Gasteiger partial charge in [0.05, 0.1) is 24.5 Å². The van der Waals surface area contributed by atoms with Crippen LogP contribution in [0, 0.1) is 0 Å². The summed E-state index contributed by atoms with van der Waals surface area (Å²) in [6.07, 6.45) is 1.56. The van der Waals surface area contributed by atoms with Gasteiger partial charge in [-0.1, -0.05) is 53.7 Å². The van der Waals surface area contributed by atoms with Gasteiger partial charge in [-0.05, 0) is 23.8 Å². The van der Waals surface area contributed by atoms with Gasteiger partial charge in [0.1, 0.15) is 12.1 Å². The SMILES string of the molecule is COc1cnc(CSc2nc3cc(Cl)ccc3n2OC(F)F)cc1OCc1ccccc1. The molecule has 0 amide bonds. The number of aromatic nitrogens is 3. The number of rotatable bonds is 9. The van der Waals surface area contributed by atoms with Crippen LogP contribution in [-0.4, -0.2) is 28.4 Å². The quantitative estimate of drug-likeness (QED) is 0.292. The zero-order valence-electron chi connectivity index (χ0n) is 16.9. The molecule has 166 valence electrons. The van der Waals surface area contributed by atoms with Crippen LogP contribution in [0.5, 0.6) is 11.5 Å². The number of benzene rings is 2. The molecule has 0 fully saturated rings. The Labute approximate surface area is 192 Å². The minimum atomic E-state index is -3.00. The second kappa shape index (κ2) is 10.1. The van der Waals surface area contributed by atoms with E-state index in [0.717, 1.165) is 10.3 Å². The molecule has 0 spiro atoms. The average Bonchev–Trinajstić information content (AvgIpc) is 3.12. The van der Waals surface area contributed by atoms with Gasteiger partial charge < -0.3 is 14.3 Å². The molecule has 6 nitrogen and oxygen atoms in total. The Morgan fingerprint density at radius 1 is 1.09 bits per heavy atom. The van der Waals surface area contributed by atoms with E-state index in [0.29, 0.717) is 45.6 Å². The second-order valence-electron chi connectivity index (χ2n) is 6.58. The summed E-state index contributed by atoms with van der Waals surface area (Å²) in [5.74, 6) is 1.37. The van der Waals surface area contributed by atoms with Crippen LogP contribution in [0.2, 0.25) is 5.02 Å². The largest absolute Gasteiger partial charge is 0.491 e. The van der Waals surface area contributed by atoms with E-state index in [-0.39, 0.29) is 5.16 Å². The van der Waals surface area contributed by atoms with Crippen LogP contribution in [0.15, 0.2) is 66.0 Å². The number of ether oxygens (including phenoxy) is 2. The molecule has 32 heavy (non-hydrogen) atoms. The fourth-order valence-corrected chi connectivity index (χ4v) is 3.99. The van der Waals surface area contributed by atoms with Gasteiger partial charge in [-0.3, -0.25) is 4.98 Å². The second-order valence-corrected chi connectivity index (χ2v) is 7.96. The summed E-state index contributed by atoms with van der Waals surface area (Å²) in [5, 5.41) is 0.708. The van der Waals surface area contributed by atoms with Crippen LogP contribution in [0.25, 0.3) is 11.0 Å². The minimum absolute atomic E-state index is 0.256. The van der Waals surface area contributed by atoms with E-state index in [9.17, 15) is 8.78 Å². The highest BCUT2D eigenvalue weighted by Crippen LogP contribution is 2.31. The van der Waals surface area contributed by atoms with Gasteiger partial charge >= 0.3 is 6.61 Å². The number of fused-ring (bicyclic) bond motifs is 1. The maximum atomic E-state index is 13.0. The van der Waals surface area contributed by atoms with Crippen molar-refractivity contribution in [1.29, 1.82) is 0 Å². The standard InChI is InChI=1S/C22H18ClF2N3O3S/c1-29-20-11-26-16(10-19(20)30-12-14-5-3-2-4-6-14)13-32-22-27-17-9-15(23)7-8-18(17)28(22)31-21(24)25/h2-11,21H,12-13H2,1H3. The summed E-state index contributed by atoms with van der Waals surface area (Å²) in [7, 11) is 1.54. The molecule has 2 heterocycles. The predicted molar refractivity (Wildman–Crippen MR) is 118 cm³/mol. The topological polar surface area (TPSA) is 58.4 Å². The first-order chi connectivity index (χ1) is 15.5. The van der Waals surface area contributed by atoms with Gasteiger partial charge in [-0.2, -0.15) is 13.5 Å². The molecule has 0 unspecified atom stereocenters. The third kappa shape index (κ3) is 5.23. The van der Waals surface area contributed by atoms with E-state index < -0.39 is 6.61 Å². The fraction of sp³-hybridized carbons (Fsp3) is 0.182. The Morgan fingerprint density at radius 3 is 2.66 bits per heavy atom. The Kier molecular flexibility index (Phi) is 6.96. The first kappa shape index (κ1) is 22.2. The summed E-state index contributed by atoms with van der Waals surface area (Å²) in [6, 6.07) is 16.3. The van der Waals surface area contributed by atoms with E-state index in [4.69, 9.17) is 21.1 Å². The summed E-state index contributed by atoms with van der Waals surface area (Å²) >= 11 is 7.20. The van der Waals surface area contributed by atoms with Crippen molar-refractivity contribution in [3.63, 3.8) is 0 Å². The molecule has 0 aliphatic rings. The molecule has 0 atom stereocenters. The molecular weight excluding hydrogens is 460 g/mol. The fourth-order valence-electron chi connectivity index (χ4n) is 2.97. The molecule has 4 aromatic rings. The zero-order chi connectivity index (χ0) is 22.5. The third-order valence-electron chi connectivity index (χ3n) is 4.43. The van der Waals surface area contributed by atoms with Gasteiger partial charge in [0, 0.05) is 16.8 Å². The van der Waals surface area contributed by atoms with Crippen molar-refractivity contribution in [2.24, 2.45) is 0 Å². The Morgan fingerprint density at radius 2 is 1.91 bits per heavy atom. The van der Waals surface area contributed by atoms with Crippen molar-refractivity contribution < 1.29 is 23.1 Å². The predicted octanol–water partition coefficient (Wildman–Crippen LogP) is 5.62. The third-order valence-corrected chi connectivity index (χ3v) is 5.62. The highest BCUT2D eigenvalue weighted by atomic mass is 35.5. The zero-order valence-corrected chi connectivity index (χ0v) is 18.4. The molecular formula is C22H18ClF2N3O3S. The van der Waals surface area contributed by atoms with E-state index in [1.165, 1.54) is 18.9 Å². The number of pyridine rings is 1. The lowest BCUT2D eigenvalue weighted by molar-refractivity contribution is -0.135. The monoisotopic (exact) mass is 477 g/mol. The average molecular weight is 478 g/mol. The summed E-state index contributed by atoms with van der Waals surface area (Å²) in [6.45, 7) is -2.63. The molecule has 0 aliphatic heterocycles. The number of halogens is 3. The van der Waals surface area contributed by atoms with Gasteiger partial charge in [0.25, 0.3) is 0 Å². The molecule has 0 bridgehead atoms. The van der Waals surface area contributed by atoms with Crippen LogP contribution in [0.3, 0.4) is 0 Å². The van der Waals surface area contributed by atoms with Crippen LogP contribution >= 0.6 is 23.4 Å². The number of hydrogen-bond acceptors (Lipinski definition) is 6. The molecule has 10 heteroatoms. The maximum absolute atomic E-state index is 13.0. The first-order valence-electron chi connectivity index (χ1n) is 9.49. The summed E-state index contributed by atoms with van der Waals surface area (Å²) < 4.78 is 38.2. The minimum Gasteiger partial charge on any atom is -0.491 e. The molecule has 2 aromatic heterocycles. The first-order valence-corrected chi connectivity index (χ1v) is 10.9. The molecule has 0 saturated carbocycles. The highest BCUT2D eigenvalue weighted by Gasteiger charge is 2.17. The van der Waals surface area contributed by atoms with Crippen molar-refractivity contribution in [3.05, 3.63) is 77.1 Å². The number of alkyl halides is 2. The van der Waals surface area contributed by atoms with Gasteiger partial charge in [-0.25, -0.2) is 4.98 Å². The van der Waals surface area contributed by atoms with E-state index in [2.05, 4.69) is 14.8 Å². The highest BCUT2D eigenvalue weighted by molar-refractivity contribution is 7.98. The number of thioether (sulfide) groups is 1. The Bertz CT molecular complexity index is 1210. The van der Waals surface area contributed by atoms with Crippen molar-refractivity contribution >= 4 is 34.4 Å². The number of hydrogen-bond donors (Lipinski definition) is 0. The van der Waals surface area contributed by atoms with Crippen molar-refractivity contribution in [2.45, 2.75) is 24.1 Å². The van der Waals surface area contributed by atoms with Gasteiger partial charge in [-0.15, -0.1) is 0 Å². The van der Waals surface area contributed by atoms with E-state index in [1.54, 1.807) is 30.5 Å². The van der Waals surface area contributed by atoms with Crippen LogP contribution in [-0.2, 0) is 12.4 Å². The Balaban J connectivity index is 1.54. The maximum Gasteiger partial charge on any atom is 0.405 e.